The Hall–Kier alpha value is -1.29. The lowest BCUT2D eigenvalue weighted by atomic mass is 10.2. The quantitative estimate of drug-likeness (QED) is 0.443. The molecule has 92 valence electrons. The van der Waals surface area contributed by atoms with Gasteiger partial charge in [-0.3, -0.25) is 9.59 Å². The summed E-state index contributed by atoms with van der Waals surface area (Å²) in [6.07, 6.45) is 2.30. The smallest absolute Gasteiger partial charge is 0.222 e. The van der Waals surface area contributed by atoms with E-state index in [0.29, 0.717) is 12.0 Å². The average molecular weight is 251 g/mol. The van der Waals surface area contributed by atoms with Crippen molar-refractivity contribution in [3.05, 3.63) is 29.8 Å². The lowest BCUT2D eigenvalue weighted by Gasteiger charge is -2.09. The molecule has 0 aliphatic carbocycles. The zero-order valence-corrected chi connectivity index (χ0v) is 11.0. The molecule has 0 atom stereocenters. The summed E-state index contributed by atoms with van der Waals surface area (Å²) in [5.74, 6) is 1.09. The lowest BCUT2D eigenvalue weighted by molar-refractivity contribution is -0.128. The summed E-state index contributed by atoms with van der Waals surface area (Å²) in [6.45, 7) is 0. The van der Waals surface area contributed by atoms with Gasteiger partial charge < -0.3 is 4.90 Å². The topological polar surface area (TPSA) is 37.4 Å². The molecule has 0 heterocycles. The first-order valence-corrected chi connectivity index (χ1v) is 6.50. The van der Waals surface area contributed by atoms with Crippen molar-refractivity contribution < 1.29 is 9.59 Å². The SMILES string of the molecule is CN(C)C(=O)CCCSc1ccc(C=O)cc1. The number of hydrogen-bond donors (Lipinski definition) is 0. The summed E-state index contributed by atoms with van der Waals surface area (Å²) in [7, 11) is 3.54. The van der Waals surface area contributed by atoms with E-state index in [0.717, 1.165) is 23.4 Å². The first-order valence-electron chi connectivity index (χ1n) is 5.51. The highest BCUT2D eigenvalue weighted by atomic mass is 32.2. The van der Waals surface area contributed by atoms with E-state index in [2.05, 4.69) is 0 Å². The number of aldehydes is 1. The molecule has 0 saturated heterocycles. The second-order valence-corrected chi connectivity index (χ2v) is 5.10. The highest BCUT2D eigenvalue weighted by Crippen LogP contribution is 2.19. The Balaban J connectivity index is 2.26. The summed E-state index contributed by atoms with van der Waals surface area (Å²) in [6, 6.07) is 7.48. The first-order chi connectivity index (χ1) is 8.13. The number of benzene rings is 1. The van der Waals surface area contributed by atoms with Crippen LogP contribution in [0.1, 0.15) is 23.2 Å². The third kappa shape index (κ3) is 5.04. The van der Waals surface area contributed by atoms with Crippen LogP contribution in [-0.4, -0.2) is 36.9 Å². The number of thioether (sulfide) groups is 1. The minimum Gasteiger partial charge on any atom is -0.349 e. The molecule has 0 spiro atoms. The maximum atomic E-state index is 11.3. The highest BCUT2D eigenvalue weighted by molar-refractivity contribution is 7.99. The molecular formula is C13H17NO2S. The first kappa shape index (κ1) is 13.8. The Morgan fingerprint density at radius 2 is 1.94 bits per heavy atom. The van der Waals surface area contributed by atoms with E-state index in [1.54, 1.807) is 42.9 Å². The van der Waals surface area contributed by atoms with Gasteiger partial charge in [0, 0.05) is 31.0 Å². The van der Waals surface area contributed by atoms with Gasteiger partial charge in [-0.1, -0.05) is 12.1 Å². The maximum Gasteiger partial charge on any atom is 0.222 e. The van der Waals surface area contributed by atoms with Crippen LogP contribution in [0, 0.1) is 0 Å². The molecule has 0 aliphatic heterocycles. The zero-order valence-electron chi connectivity index (χ0n) is 10.2. The third-order valence-corrected chi connectivity index (χ3v) is 3.42. The molecule has 4 heteroatoms. The van der Waals surface area contributed by atoms with Crippen LogP contribution in [0.5, 0.6) is 0 Å². The van der Waals surface area contributed by atoms with Crippen molar-refractivity contribution in [2.24, 2.45) is 0 Å². The zero-order chi connectivity index (χ0) is 12.7. The second-order valence-electron chi connectivity index (χ2n) is 3.93. The van der Waals surface area contributed by atoms with Crippen LogP contribution in [0.2, 0.25) is 0 Å². The van der Waals surface area contributed by atoms with Gasteiger partial charge in [-0.25, -0.2) is 0 Å². The van der Waals surface area contributed by atoms with Crippen LogP contribution in [0.3, 0.4) is 0 Å². The van der Waals surface area contributed by atoms with E-state index in [1.165, 1.54) is 0 Å². The molecule has 0 N–H and O–H groups in total. The maximum absolute atomic E-state index is 11.3. The molecule has 1 rings (SSSR count). The molecule has 1 amide bonds. The normalized spacial score (nSPS) is 10.0. The molecule has 0 aliphatic rings. The standard InChI is InChI=1S/C13H17NO2S/c1-14(2)13(16)4-3-9-17-12-7-5-11(10-15)6-8-12/h5-8,10H,3-4,9H2,1-2H3. The van der Waals surface area contributed by atoms with Gasteiger partial charge >= 0.3 is 0 Å². The summed E-state index contributed by atoms with van der Waals surface area (Å²) in [5, 5.41) is 0. The molecule has 0 unspecified atom stereocenters. The molecule has 1 aromatic rings. The van der Waals surface area contributed by atoms with Crippen molar-refractivity contribution in [1.82, 2.24) is 4.90 Å². The number of hydrogen-bond acceptors (Lipinski definition) is 3. The molecular weight excluding hydrogens is 234 g/mol. The van der Waals surface area contributed by atoms with Crippen LogP contribution < -0.4 is 0 Å². The number of carbonyl (C=O) groups excluding carboxylic acids is 2. The van der Waals surface area contributed by atoms with Crippen molar-refractivity contribution >= 4 is 24.0 Å². The van der Waals surface area contributed by atoms with Crippen molar-refractivity contribution in [3.8, 4) is 0 Å². The van der Waals surface area contributed by atoms with Gasteiger partial charge in [0.25, 0.3) is 0 Å². The predicted octanol–water partition coefficient (Wildman–Crippen LogP) is 2.46. The molecule has 0 saturated carbocycles. The van der Waals surface area contributed by atoms with E-state index in [9.17, 15) is 9.59 Å². The molecule has 0 aromatic heterocycles. The van der Waals surface area contributed by atoms with E-state index in [1.807, 2.05) is 12.1 Å². The number of carbonyl (C=O) groups is 2. The second kappa shape index (κ2) is 7.12. The van der Waals surface area contributed by atoms with Crippen LogP contribution in [0.15, 0.2) is 29.2 Å². The Labute approximate surface area is 106 Å². The Bertz CT molecular complexity index is 374. The molecule has 17 heavy (non-hydrogen) atoms. The predicted molar refractivity (Wildman–Crippen MR) is 70.5 cm³/mol. The van der Waals surface area contributed by atoms with Crippen molar-refractivity contribution in [3.63, 3.8) is 0 Å². The van der Waals surface area contributed by atoms with Gasteiger partial charge in [-0.15, -0.1) is 11.8 Å². The Kier molecular flexibility index (Phi) is 5.77. The van der Waals surface area contributed by atoms with Crippen molar-refractivity contribution in [2.75, 3.05) is 19.8 Å². The van der Waals surface area contributed by atoms with Crippen LogP contribution in [0.4, 0.5) is 0 Å². The van der Waals surface area contributed by atoms with Gasteiger partial charge in [0.15, 0.2) is 0 Å². The Morgan fingerprint density at radius 3 is 2.47 bits per heavy atom. The molecule has 0 fully saturated rings. The minimum atomic E-state index is 0.168. The molecule has 1 aromatic carbocycles. The van der Waals surface area contributed by atoms with E-state index in [-0.39, 0.29) is 5.91 Å². The van der Waals surface area contributed by atoms with Crippen molar-refractivity contribution in [2.45, 2.75) is 17.7 Å². The van der Waals surface area contributed by atoms with Gasteiger partial charge in [0.2, 0.25) is 5.91 Å². The van der Waals surface area contributed by atoms with E-state index >= 15 is 0 Å². The largest absolute Gasteiger partial charge is 0.349 e. The summed E-state index contributed by atoms with van der Waals surface area (Å²) >= 11 is 1.71. The monoisotopic (exact) mass is 251 g/mol. The van der Waals surface area contributed by atoms with Crippen molar-refractivity contribution in [1.29, 1.82) is 0 Å². The number of amides is 1. The van der Waals surface area contributed by atoms with Crippen LogP contribution >= 0.6 is 11.8 Å². The Morgan fingerprint density at radius 1 is 1.29 bits per heavy atom. The van der Waals surface area contributed by atoms with Crippen LogP contribution in [-0.2, 0) is 4.79 Å². The van der Waals surface area contributed by atoms with Gasteiger partial charge in [0.05, 0.1) is 0 Å². The molecule has 0 radical (unpaired) electrons. The molecule has 0 bridgehead atoms. The van der Waals surface area contributed by atoms with E-state index < -0.39 is 0 Å². The fraction of sp³-hybridized carbons (Fsp3) is 0.385. The number of rotatable bonds is 6. The summed E-state index contributed by atoms with van der Waals surface area (Å²) in [4.78, 5) is 24.5. The van der Waals surface area contributed by atoms with Gasteiger partial charge in [-0.2, -0.15) is 0 Å². The molecule has 3 nitrogen and oxygen atoms in total. The van der Waals surface area contributed by atoms with E-state index in [4.69, 9.17) is 0 Å². The fourth-order valence-electron chi connectivity index (χ4n) is 1.28. The lowest BCUT2D eigenvalue weighted by Crippen LogP contribution is -2.21. The number of nitrogens with zero attached hydrogens (tertiary/aromatic N) is 1. The van der Waals surface area contributed by atoms with Crippen LogP contribution in [0.25, 0.3) is 0 Å². The summed E-state index contributed by atoms with van der Waals surface area (Å²) < 4.78 is 0. The van der Waals surface area contributed by atoms with Gasteiger partial charge in [0.1, 0.15) is 6.29 Å². The van der Waals surface area contributed by atoms with Gasteiger partial charge in [-0.05, 0) is 24.3 Å². The highest BCUT2D eigenvalue weighted by Gasteiger charge is 2.03. The minimum absolute atomic E-state index is 0.168. The third-order valence-electron chi connectivity index (χ3n) is 2.32. The summed E-state index contributed by atoms with van der Waals surface area (Å²) in [5.41, 5.74) is 0.692. The fourth-order valence-corrected chi connectivity index (χ4v) is 2.13. The average Bonchev–Trinajstić information content (AvgIpc) is 2.35.